The van der Waals surface area contributed by atoms with Gasteiger partial charge in [0.15, 0.2) is 0 Å². The standard InChI is InChI=1S/C16H26N4O/c1-19(2)11-7-10-18-16(21)14-8-6-9-17-15(14)20-12-4-3-5-13-20/h6,8-9H,3-5,7,10-13H2,1-2H3,(H,18,21). The Hall–Kier alpha value is -1.62. The lowest BCUT2D eigenvalue weighted by Crippen LogP contribution is -2.34. The van der Waals surface area contributed by atoms with E-state index in [4.69, 9.17) is 0 Å². The van der Waals surface area contributed by atoms with Crippen molar-refractivity contribution < 1.29 is 4.79 Å². The van der Waals surface area contributed by atoms with Crippen LogP contribution in [0.15, 0.2) is 18.3 Å². The van der Waals surface area contributed by atoms with Crippen molar-refractivity contribution in [2.75, 3.05) is 45.2 Å². The van der Waals surface area contributed by atoms with Gasteiger partial charge in [-0.25, -0.2) is 4.98 Å². The van der Waals surface area contributed by atoms with Crippen molar-refractivity contribution >= 4 is 11.7 Å². The third-order valence-electron chi connectivity index (χ3n) is 3.75. The minimum Gasteiger partial charge on any atom is -0.356 e. The van der Waals surface area contributed by atoms with Gasteiger partial charge < -0.3 is 15.1 Å². The molecule has 0 unspecified atom stereocenters. The summed E-state index contributed by atoms with van der Waals surface area (Å²) in [6, 6.07) is 3.71. The average molecular weight is 290 g/mol. The molecule has 1 aromatic rings. The Morgan fingerprint density at radius 3 is 2.81 bits per heavy atom. The first-order valence-electron chi connectivity index (χ1n) is 7.81. The summed E-state index contributed by atoms with van der Waals surface area (Å²) in [6.07, 6.45) is 6.36. The summed E-state index contributed by atoms with van der Waals surface area (Å²) in [5.74, 6) is 0.824. The fourth-order valence-corrected chi connectivity index (χ4v) is 2.62. The SMILES string of the molecule is CN(C)CCCNC(=O)c1cccnc1N1CCCCC1. The Morgan fingerprint density at radius 1 is 1.33 bits per heavy atom. The van der Waals surface area contributed by atoms with Crippen LogP contribution < -0.4 is 10.2 Å². The summed E-state index contributed by atoms with van der Waals surface area (Å²) in [4.78, 5) is 21.2. The highest BCUT2D eigenvalue weighted by molar-refractivity contribution is 5.98. The third-order valence-corrected chi connectivity index (χ3v) is 3.75. The number of aromatic nitrogens is 1. The lowest BCUT2D eigenvalue weighted by Gasteiger charge is -2.29. The van der Waals surface area contributed by atoms with Gasteiger partial charge in [-0.05, 0) is 58.5 Å². The monoisotopic (exact) mass is 290 g/mol. The topological polar surface area (TPSA) is 48.5 Å². The van der Waals surface area contributed by atoms with Crippen molar-refractivity contribution in [2.24, 2.45) is 0 Å². The number of hydrogen-bond donors (Lipinski definition) is 1. The molecule has 0 radical (unpaired) electrons. The van der Waals surface area contributed by atoms with Gasteiger partial charge in [-0.15, -0.1) is 0 Å². The number of carbonyl (C=O) groups is 1. The Balaban J connectivity index is 1.96. The van der Waals surface area contributed by atoms with Crippen LogP contribution in [-0.4, -0.2) is 56.1 Å². The molecule has 0 saturated carbocycles. The van der Waals surface area contributed by atoms with E-state index in [-0.39, 0.29) is 5.91 Å². The molecule has 1 aliphatic heterocycles. The number of anilines is 1. The summed E-state index contributed by atoms with van der Waals surface area (Å²) in [5.41, 5.74) is 0.698. The van der Waals surface area contributed by atoms with Gasteiger partial charge in [0.2, 0.25) is 0 Å². The Morgan fingerprint density at radius 2 is 2.10 bits per heavy atom. The number of piperidine rings is 1. The van der Waals surface area contributed by atoms with E-state index in [1.165, 1.54) is 19.3 Å². The maximum absolute atomic E-state index is 12.4. The molecule has 2 heterocycles. The molecule has 5 nitrogen and oxygen atoms in total. The minimum absolute atomic E-state index is 0.0116. The second kappa shape index (κ2) is 7.98. The first kappa shape index (κ1) is 15.8. The zero-order valence-corrected chi connectivity index (χ0v) is 13.1. The zero-order chi connectivity index (χ0) is 15.1. The van der Waals surface area contributed by atoms with Crippen molar-refractivity contribution in [1.82, 2.24) is 15.2 Å². The number of carbonyl (C=O) groups excluding carboxylic acids is 1. The Labute approximate surface area is 127 Å². The van der Waals surface area contributed by atoms with Crippen molar-refractivity contribution in [3.63, 3.8) is 0 Å². The molecule has 21 heavy (non-hydrogen) atoms. The van der Waals surface area contributed by atoms with Gasteiger partial charge >= 0.3 is 0 Å². The van der Waals surface area contributed by atoms with E-state index in [0.717, 1.165) is 31.9 Å². The van der Waals surface area contributed by atoms with E-state index in [0.29, 0.717) is 12.1 Å². The molecule has 1 fully saturated rings. The summed E-state index contributed by atoms with van der Waals surface area (Å²) in [7, 11) is 4.08. The molecule has 0 atom stereocenters. The molecular formula is C16H26N4O. The van der Waals surface area contributed by atoms with Crippen molar-refractivity contribution in [3.05, 3.63) is 23.9 Å². The molecule has 2 rings (SSSR count). The second-order valence-electron chi connectivity index (χ2n) is 5.84. The number of pyridine rings is 1. The molecule has 1 aliphatic rings. The number of nitrogens with zero attached hydrogens (tertiary/aromatic N) is 3. The Bertz CT molecular complexity index is 455. The molecule has 1 N–H and O–H groups in total. The van der Waals surface area contributed by atoms with E-state index < -0.39 is 0 Å². The van der Waals surface area contributed by atoms with E-state index in [2.05, 4.69) is 20.1 Å². The number of rotatable bonds is 6. The van der Waals surface area contributed by atoms with E-state index in [9.17, 15) is 4.79 Å². The van der Waals surface area contributed by atoms with Gasteiger partial charge in [-0.3, -0.25) is 4.79 Å². The summed E-state index contributed by atoms with van der Waals surface area (Å²) < 4.78 is 0. The van der Waals surface area contributed by atoms with Crippen molar-refractivity contribution in [1.29, 1.82) is 0 Å². The lowest BCUT2D eigenvalue weighted by molar-refractivity contribution is 0.0952. The predicted octanol–water partition coefficient (Wildman–Crippen LogP) is 1.75. The Kier molecular flexibility index (Phi) is 5.99. The van der Waals surface area contributed by atoms with Crippen molar-refractivity contribution in [3.8, 4) is 0 Å². The zero-order valence-electron chi connectivity index (χ0n) is 13.1. The molecule has 1 amide bonds. The number of hydrogen-bond acceptors (Lipinski definition) is 4. The molecule has 5 heteroatoms. The first-order valence-corrected chi connectivity index (χ1v) is 7.81. The summed E-state index contributed by atoms with van der Waals surface area (Å²) >= 11 is 0. The highest BCUT2D eigenvalue weighted by Crippen LogP contribution is 2.21. The highest BCUT2D eigenvalue weighted by atomic mass is 16.1. The van der Waals surface area contributed by atoms with Gasteiger partial charge in [0.1, 0.15) is 5.82 Å². The third kappa shape index (κ3) is 4.70. The van der Waals surface area contributed by atoms with Crippen molar-refractivity contribution in [2.45, 2.75) is 25.7 Å². The minimum atomic E-state index is -0.0116. The van der Waals surface area contributed by atoms with Crippen LogP contribution in [0.3, 0.4) is 0 Å². The maximum atomic E-state index is 12.4. The molecule has 0 bridgehead atoms. The number of nitrogens with one attached hydrogen (secondary N) is 1. The molecule has 0 aromatic carbocycles. The molecule has 0 aliphatic carbocycles. The van der Waals surface area contributed by atoms with Gasteiger partial charge in [0.25, 0.3) is 5.91 Å². The average Bonchev–Trinajstić information content (AvgIpc) is 2.52. The van der Waals surface area contributed by atoms with Crippen LogP contribution >= 0.6 is 0 Å². The lowest BCUT2D eigenvalue weighted by atomic mass is 10.1. The van der Waals surface area contributed by atoms with E-state index in [1.54, 1.807) is 6.20 Å². The van der Waals surface area contributed by atoms with Crippen LogP contribution in [0.25, 0.3) is 0 Å². The van der Waals surface area contributed by atoms with Crippen LogP contribution in [-0.2, 0) is 0 Å². The largest absolute Gasteiger partial charge is 0.356 e. The normalized spacial score (nSPS) is 15.3. The highest BCUT2D eigenvalue weighted by Gasteiger charge is 2.19. The van der Waals surface area contributed by atoms with Crippen LogP contribution in [0, 0.1) is 0 Å². The quantitative estimate of drug-likeness (QED) is 0.811. The first-order chi connectivity index (χ1) is 10.2. The van der Waals surface area contributed by atoms with Crippen LogP contribution in [0.1, 0.15) is 36.0 Å². The smallest absolute Gasteiger partial charge is 0.255 e. The molecule has 116 valence electrons. The van der Waals surface area contributed by atoms with Gasteiger partial charge in [-0.2, -0.15) is 0 Å². The van der Waals surface area contributed by atoms with Gasteiger partial charge in [0, 0.05) is 25.8 Å². The molecule has 1 saturated heterocycles. The molecule has 1 aromatic heterocycles. The van der Waals surface area contributed by atoms with Crippen LogP contribution in [0.4, 0.5) is 5.82 Å². The number of amides is 1. The van der Waals surface area contributed by atoms with E-state index >= 15 is 0 Å². The fourth-order valence-electron chi connectivity index (χ4n) is 2.62. The van der Waals surface area contributed by atoms with Crippen LogP contribution in [0.2, 0.25) is 0 Å². The van der Waals surface area contributed by atoms with Gasteiger partial charge in [-0.1, -0.05) is 0 Å². The van der Waals surface area contributed by atoms with Gasteiger partial charge in [0.05, 0.1) is 5.56 Å². The molecule has 0 spiro atoms. The summed E-state index contributed by atoms with van der Waals surface area (Å²) in [6.45, 7) is 3.67. The second-order valence-corrected chi connectivity index (χ2v) is 5.84. The predicted molar refractivity (Wildman–Crippen MR) is 85.8 cm³/mol. The molecular weight excluding hydrogens is 264 g/mol. The summed E-state index contributed by atoms with van der Waals surface area (Å²) in [5, 5.41) is 3.00. The van der Waals surface area contributed by atoms with Crippen LogP contribution in [0.5, 0.6) is 0 Å². The fraction of sp³-hybridized carbons (Fsp3) is 0.625. The van der Waals surface area contributed by atoms with E-state index in [1.807, 2.05) is 26.2 Å². The maximum Gasteiger partial charge on any atom is 0.255 e.